The number of nitrogens with one attached hydrogen (secondary N) is 2. The van der Waals surface area contributed by atoms with Crippen molar-refractivity contribution in [3.63, 3.8) is 0 Å². The minimum absolute atomic E-state index is 0.124. The molecule has 0 aromatic rings. The highest BCUT2D eigenvalue weighted by molar-refractivity contribution is 8.00. The molecule has 0 saturated heterocycles. The van der Waals surface area contributed by atoms with Crippen molar-refractivity contribution < 1.29 is 9.90 Å². The van der Waals surface area contributed by atoms with E-state index in [-0.39, 0.29) is 17.3 Å². The molecule has 0 unspecified atom stereocenters. The lowest BCUT2D eigenvalue weighted by Crippen LogP contribution is -2.59. The summed E-state index contributed by atoms with van der Waals surface area (Å²) in [5, 5.41) is 16.8. The van der Waals surface area contributed by atoms with Crippen molar-refractivity contribution in [1.29, 1.82) is 0 Å². The Bertz CT molecular complexity index is 356. The summed E-state index contributed by atoms with van der Waals surface area (Å²) in [6.07, 6.45) is 5.48. The molecule has 4 nitrogen and oxygen atoms in total. The van der Waals surface area contributed by atoms with Crippen LogP contribution in [0.4, 0.5) is 4.79 Å². The summed E-state index contributed by atoms with van der Waals surface area (Å²) in [6.45, 7) is 6.91. The van der Waals surface area contributed by atoms with Crippen LogP contribution in [0.1, 0.15) is 52.9 Å². The fourth-order valence-electron chi connectivity index (χ4n) is 3.64. The lowest BCUT2D eigenvalue weighted by molar-refractivity contribution is -0.0211. The van der Waals surface area contributed by atoms with E-state index >= 15 is 0 Å². The van der Waals surface area contributed by atoms with Crippen molar-refractivity contribution in [2.45, 2.75) is 69.8 Å². The van der Waals surface area contributed by atoms with Gasteiger partial charge in [0.1, 0.15) is 0 Å². The minimum Gasteiger partial charge on any atom is -0.387 e. The van der Waals surface area contributed by atoms with Crippen molar-refractivity contribution >= 4 is 17.8 Å². The largest absolute Gasteiger partial charge is 0.387 e. The van der Waals surface area contributed by atoms with Crippen molar-refractivity contribution in [2.24, 2.45) is 11.8 Å². The summed E-state index contributed by atoms with van der Waals surface area (Å²) in [5.41, 5.74) is -0.707. The monoisotopic (exact) mass is 314 g/mol. The van der Waals surface area contributed by atoms with Gasteiger partial charge in [-0.25, -0.2) is 4.79 Å². The quantitative estimate of drug-likeness (QED) is 0.731. The molecule has 2 aliphatic carbocycles. The topological polar surface area (TPSA) is 61.4 Å². The van der Waals surface area contributed by atoms with E-state index in [4.69, 9.17) is 0 Å². The molecule has 21 heavy (non-hydrogen) atoms. The van der Waals surface area contributed by atoms with Crippen molar-refractivity contribution in [3.05, 3.63) is 0 Å². The summed E-state index contributed by atoms with van der Waals surface area (Å²) >= 11 is 1.79. The second-order valence-corrected chi connectivity index (χ2v) is 8.30. The van der Waals surface area contributed by atoms with Gasteiger partial charge in [0.15, 0.2) is 0 Å². The maximum atomic E-state index is 12.1. The average Bonchev–Trinajstić information content (AvgIpc) is 2.45. The summed E-state index contributed by atoms with van der Waals surface area (Å²) in [7, 11) is 0. The summed E-state index contributed by atoms with van der Waals surface area (Å²) in [4.78, 5) is 12.1. The molecule has 0 aromatic heterocycles. The van der Waals surface area contributed by atoms with E-state index in [1.165, 1.54) is 19.3 Å². The highest BCUT2D eigenvalue weighted by Crippen LogP contribution is 2.40. The molecule has 2 saturated carbocycles. The zero-order valence-electron chi connectivity index (χ0n) is 13.5. The van der Waals surface area contributed by atoms with Gasteiger partial charge in [-0.05, 0) is 43.3 Å². The molecule has 2 rings (SSSR count). The first-order valence-electron chi connectivity index (χ1n) is 8.34. The van der Waals surface area contributed by atoms with Crippen LogP contribution < -0.4 is 10.6 Å². The van der Waals surface area contributed by atoms with Gasteiger partial charge in [0.05, 0.1) is 5.60 Å². The van der Waals surface area contributed by atoms with Crippen LogP contribution in [0.3, 0.4) is 0 Å². The van der Waals surface area contributed by atoms with Gasteiger partial charge in [0.25, 0.3) is 0 Å². The first-order valence-corrected chi connectivity index (χ1v) is 9.39. The van der Waals surface area contributed by atoms with Crippen molar-refractivity contribution in [1.82, 2.24) is 10.6 Å². The Labute approximate surface area is 132 Å². The summed E-state index contributed by atoms with van der Waals surface area (Å²) in [5.74, 6) is 2.08. The lowest BCUT2D eigenvalue weighted by atomic mass is 9.78. The number of amides is 2. The molecule has 0 aliphatic heterocycles. The van der Waals surface area contributed by atoms with Crippen molar-refractivity contribution in [3.8, 4) is 0 Å². The normalized spacial score (nSPS) is 36.9. The fourth-order valence-corrected chi connectivity index (χ4v) is 4.84. The first-order chi connectivity index (χ1) is 9.96. The number of thioether (sulfide) groups is 1. The molecule has 122 valence electrons. The molecule has 0 spiro atoms. The fraction of sp³-hybridized carbons (Fsp3) is 0.938. The van der Waals surface area contributed by atoms with Gasteiger partial charge in [-0.3, -0.25) is 0 Å². The summed E-state index contributed by atoms with van der Waals surface area (Å²) < 4.78 is 0. The summed E-state index contributed by atoms with van der Waals surface area (Å²) in [6, 6.07) is 0.136. The van der Waals surface area contributed by atoms with Crippen LogP contribution in [0.2, 0.25) is 0 Å². The Balaban J connectivity index is 1.77. The number of urea groups is 1. The maximum absolute atomic E-state index is 12.1. The SMILES string of the molecule is CCS[C@@H]1CC[C@]1(O)CNC(=O)NC1[C@@H](C)CCC[C@@H]1C. The van der Waals surface area contributed by atoms with E-state index in [1.807, 2.05) is 0 Å². The lowest BCUT2D eigenvalue weighted by Gasteiger charge is -2.45. The molecule has 0 heterocycles. The molecule has 2 fully saturated rings. The Kier molecular flexibility index (Phi) is 5.83. The average molecular weight is 314 g/mol. The van der Waals surface area contributed by atoms with E-state index in [0.29, 0.717) is 18.4 Å². The van der Waals surface area contributed by atoms with Crippen LogP contribution in [-0.4, -0.2) is 40.3 Å². The smallest absolute Gasteiger partial charge is 0.315 e. The van der Waals surface area contributed by atoms with Gasteiger partial charge in [0, 0.05) is 17.8 Å². The Morgan fingerprint density at radius 1 is 1.29 bits per heavy atom. The third kappa shape index (κ3) is 4.07. The highest BCUT2D eigenvalue weighted by atomic mass is 32.2. The zero-order chi connectivity index (χ0) is 15.5. The predicted octanol–water partition coefficient (Wildman–Crippen LogP) is 2.76. The Hall–Kier alpha value is -0.420. The predicted molar refractivity (Wildman–Crippen MR) is 88.6 cm³/mol. The van der Waals surface area contributed by atoms with Crippen LogP contribution in [0.15, 0.2) is 0 Å². The number of aliphatic hydroxyl groups is 1. The van der Waals surface area contributed by atoms with Crippen molar-refractivity contribution in [2.75, 3.05) is 12.3 Å². The van der Waals surface area contributed by atoms with Gasteiger partial charge in [0.2, 0.25) is 0 Å². The minimum atomic E-state index is -0.707. The molecule has 0 aromatic carbocycles. The Morgan fingerprint density at radius 3 is 2.48 bits per heavy atom. The maximum Gasteiger partial charge on any atom is 0.315 e. The second kappa shape index (κ2) is 7.23. The van der Waals surface area contributed by atoms with E-state index < -0.39 is 5.60 Å². The number of hydrogen-bond donors (Lipinski definition) is 3. The van der Waals surface area contributed by atoms with Gasteiger partial charge < -0.3 is 15.7 Å². The van der Waals surface area contributed by atoms with Crippen LogP contribution >= 0.6 is 11.8 Å². The van der Waals surface area contributed by atoms with E-state index in [0.717, 1.165) is 18.6 Å². The molecule has 2 aliphatic rings. The molecule has 4 atom stereocenters. The number of carbonyl (C=O) groups excluding carboxylic acids is 1. The third-order valence-corrected chi connectivity index (χ3v) is 6.61. The first kappa shape index (κ1) is 16.9. The van der Waals surface area contributed by atoms with Crippen LogP contribution in [0.5, 0.6) is 0 Å². The van der Waals surface area contributed by atoms with Gasteiger partial charge in [-0.2, -0.15) is 11.8 Å². The van der Waals surface area contributed by atoms with E-state index in [9.17, 15) is 9.90 Å². The van der Waals surface area contributed by atoms with Gasteiger partial charge in [-0.1, -0.05) is 27.2 Å². The van der Waals surface area contributed by atoms with Crippen LogP contribution in [-0.2, 0) is 0 Å². The highest BCUT2D eigenvalue weighted by Gasteiger charge is 2.45. The molecular formula is C16H30N2O2S. The molecule has 0 radical (unpaired) electrons. The molecule has 2 amide bonds. The number of rotatable bonds is 5. The molecule has 5 heteroatoms. The van der Waals surface area contributed by atoms with Gasteiger partial charge in [-0.15, -0.1) is 0 Å². The molecular weight excluding hydrogens is 284 g/mol. The van der Waals surface area contributed by atoms with E-state index in [2.05, 4.69) is 31.4 Å². The third-order valence-electron chi connectivity index (χ3n) is 5.20. The van der Waals surface area contributed by atoms with Gasteiger partial charge >= 0.3 is 6.03 Å². The van der Waals surface area contributed by atoms with Crippen LogP contribution in [0.25, 0.3) is 0 Å². The standard InChI is InChI=1S/C16H30N2O2S/c1-4-21-13-8-9-16(13,20)10-17-15(19)18-14-11(2)6-5-7-12(14)3/h11-14,20H,4-10H2,1-3H3,(H2,17,18,19)/t11-,12-,13+,16-/m0/s1. The second-order valence-electron chi connectivity index (χ2n) is 6.82. The van der Waals surface area contributed by atoms with E-state index in [1.54, 1.807) is 11.8 Å². The molecule has 3 N–H and O–H groups in total. The number of carbonyl (C=O) groups is 1. The van der Waals surface area contributed by atoms with Crippen LogP contribution in [0, 0.1) is 11.8 Å². The molecule has 0 bridgehead atoms. The Morgan fingerprint density at radius 2 is 1.95 bits per heavy atom. The zero-order valence-corrected chi connectivity index (χ0v) is 14.3. The number of hydrogen-bond acceptors (Lipinski definition) is 3.